The van der Waals surface area contributed by atoms with E-state index in [1.54, 1.807) is 43.4 Å². The highest BCUT2D eigenvalue weighted by atomic mass is 32.1. The summed E-state index contributed by atoms with van der Waals surface area (Å²) in [4.78, 5) is 51.9. The van der Waals surface area contributed by atoms with E-state index in [9.17, 15) is 19.2 Å². The fraction of sp³-hybridized carbons (Fsp3) is 0.167. The van der Waals surface area contributed by atoms with Crippen LogP contribution in [0.1, 0.15) is 46.3 Å². The minimum Gasteiger partial charge on any atom is -0.465 e. The van der Waals surface area contributed by atoms with Gasteiger partial charge in [-0.2, -0.15) is 0 Å². The summed E-state index contributed by atoms with van der Waals surface area (Å²) in [7, 11) is 3.94. The number of anilines is 2. The number of carbonyl (C=O) groups is 4. The summed E-state index contributed by atoms with van der Waals surface area (Å²) in [6.45, 7) is -0.460. The zero-order valence-corrected chi connectivity index (χ0v) is 19.5. The molecule has 34 heavy (non-hydrogen) atoms. The van der Waals surface area contributed by atoms with Gasteiger partial charge in [0.15, 0.2) is 0 Å². The van der Waals surface area contributed by atoms with Crippen molar-refractivity contribution in [3.05, 3.63) is 81.7 Å². The van der Waals surface area contributed by atoms with Crippen molar-refractivity contribution < 1.29 is 33.4 Å². The van der Waals surface area contributed by atoms with Crippen molar-refractivity contribution >= 4 is 45.8 Å². The average molecular weight is 483 g/mol. The summed E-state index contributed by atoms with van der Waals surface area (Å²) >= 11 is 0.825. The number of hydrogen-bond acceptors (Lipinski definition) is 9. The molecular weight excluding hydrogens is 460 g/mol. The second-order valence-corrected chi connectivity index (χ2v) is 8.01. The maximum absolute atomic E-state index is 13.1. The Balaban J connectivity index is 1.89. The van der Waals surface area contributed by atoms with Crippen molar-refractivity contribution in [1.82, 2.24) is 0 Å². The van der Waals surface area contributed by atoms with Crippen molar-refractivity contribution in [1.29, 1.82) is 0 Å². The average Bonchev–Trinajstić information content (AvgIpc) is 3.21. The van der Waals surface area contributed by atoms with E-state index in [-0.39, 0.29) is 32.1 Å². The highest BCUT2D eigenvalue weighted by molar-refractivity contribution is 7.18. The number of methoxy groups -OCH3 is 2. The number of hydrogen-bond donors (Lipinski definition) is 1. The fourth-order valence-corrected chi connectivity index (χ4v) is 4.20. The molecule has 176 valence electrons. The standard InChI is InChI=1S/C24H22N2O7S/c1-26(14-9-5-4-6-10-14)21(27)15-11-7-8-12-16(15)22(28)33-13-17-18(23(29)31-2)20(25)34-19(17)24(30)32-3/h4-12H,13,25H2,1-3H3. The number of nitrogen functional groups attached to an aromatic ring is 1. The van der Waals surface area contributed by atoms with Gasteiger partial charge in [-0.05, 0) is 24.3 Å². The molecule has 1 heterocycles. The smallest absolute Gasteiger partial charge is 0.348 e. The third-order valence-electron chi connectivity index (χ3n) is 4.97. The Morgan fingerprint density at radius 1 is 0.853 bits per heavy atom. The summed E-state index contributed by atoms with van der Waals surface area (Å²) in [5.74, 6) is -2.75. The first-order chi connectivity index (χ1) is 16.3. The van der Waals surface area contributed by atoms with Gasteiger partial charge >= 0.3 is 17.9 Å². The van der Waals surface area contributed by atoms with Gasteiger partial charge < -0.3 is 24.8 Å². The molecule has 0 saturated heterocycles. The van der Waals surface area contributed by atoms with Crippen LogP contribution in [0, 0.1) is 0 Å². The molecule has 0 atom stereocenters. The number of benzene rings is 2. The van der Waals surface area contributed by atoms with Gasteiger partial charge in [0.2, 0.25) is 0 Å². The second-order valence-electron chi connectivity index (χ2n) is 6.95. The molecule has 0 unspecified atom stereocenters. The van der Waals surface area contributed by atoms with Crippen LogP contribution in [0.25, 0.3) is 0 Å². The van der Waals surface area contributed by atoms with Gasteiger partial charge in [0.1, 0.15) is 22.0 Å². The number of para-hydroxylation sites is 1. The SMILES string of the molecule is COC(=O)c1sc(N)c(C(=O)OC)c1COC(=O)c1ccccc1C(=O)N(C)c1ccccc1. The minimum atomic E-state index is -0.818. The molecule has 10 heteroatoms. The van der Waals surface area contributed by atoms with Crippen LogP contribution < -0.4 is 10.6 Å². The fourth-order valence-electron chi connectivity index (χ4n) is 3.22. The summed E-state index contributed by atoms with van der Waals surface area (Å²) in [6.07, 6.45) is 0. The van der Waals surface area contributed by atoms with Crippen molar-refractivity contribution in [3.63, 3.8) is 0 Å². The Kier molecular flexibility index (Phi) is 7.64. The largest absolute Gasteiger partial charge is 0.465 e. The molecule has 2 N–H and O–H groups in total. The number of nitrogens with two attached hydrogens (primary N) is 1. The van der Waals surface area contributed by atoms with E-state index in [4.69, 9.17) is 19.9 Å². The molecule has 0 aliphatic carbocycles. The number of thiophene rings is 1. The van der Waals surface area contributed by atoms with Gasteiger partial charge in [-0.1, -0.05) is 30.3 Å². The monoisotopic (exact) mass is 482 g/mol. The van der Waals surface area contributed by atoms with Gasteiger partial charge in [-0.15, -0.1) is 11.3 Å². The summed E-state index contributed by atoms with van der Waals surface area (Å²) in [5.41, 5.74) is 6.70. The van der Waals surface area contributed by atoms with Gasteiger partial charge in [-0.25, -0.2) is 14.4 Å². The van der Waals surface area contributed by atoms with Crippen LogP contribution in [-0.2, 0) is 20.8 Å². The third-order valence-corrected chi connectivity index (χ3v) is 6.01. The predicted octanol–water partition coefficient (Wildman–Crippen LogP) is 3.54. The first-order valence-corrected chi connectivity index (χ1v) is 10.8. The molecule has 3 aromatic rings. The Labute approximate surface area is 199 Å². The quantitative estimate of drug-likeness (QED) is 0.400. The first-order valence-electron chi connectivity index (χ1n) is 9.97. The number of rotatable bonds is 7. The van der Waals surface area contributed by atoms with E-state index >= 15 is 0 Å². The van der Waals surface area contributed by atoms with Gasteiger partial charge in [0, 0.05) is 18.3 Å². The number of carbonyl (C=O) groups excluding carboxylic acids is 4. The normalized spacial score (nSPS) is 10.3. The molecule has 0 spiro atoms. The van der Waals surface area contributed by atoms with E-state index in [1.165, 1.54) is 24.1 Å². The van der Waals surface area contributed by atoms with E-state index in [1.807, 2.05) is 6.07 Å². The number of esters is 3. The molecular formula is C24H22N2O7S. The predicted molar refractivity (Wildman–Crippen MR) is 126 cm³/mol. The van der Waals surface area contributed by atoms with E-state index in [2.05, 4.69) is 0 Å². The molecule has 9 nitrogen and oxygen atoms in total. The third kappa shape index (κ3) is 4.91. The Hall–Kier alpha value is -4.18. The Morgan fingerprint density at radius 3 is 2.06 bits per heavy atom. The van der Waals surface area contributed by atoms with Crippen molar-refractivity contribution in [3.8, 4) is 0 Å². The lowest BCUT2D eigenvalue weighted by atomic mass is 10.1. The van der Waals surface area contributed by atoms with E-state index in [0.717, 1.165) is 18.4 Å². The molecule has 0 saturated carbocycles. The van der Waals surface area contributed by atoms with Gasteiger partial charge in [0.25, 0.3) is 5.91 Å². The number of amides is 1. The van der Waals surface area contributed by atoms with Crippen LogP contribution in [0.2, 0.25) is 0 Å². The van der Waals surface area contributed by atoms with Crippen LogP contribution in [-0.4, -0.2) is 45.1 Å². The van der Waals surface area contributed by atoms with Crippen molar-refractivity contribution in [2.75, 3.05) is 31.9 Å². The number of nitrogens with zero attached hydrogens (tertiary/aromatic N) is 1. The van der Waals surface area contributed by atoms with Crippen molar-refractivity contribution in [2.24, 2.45) is 0 Å². The molecule has 0 bridgehead atoms. The molecule has 2 aromatic carbocycles. The van der Waals surface area contributed by atoms with Gasteiger partial charge in [-0.3, -0.25) is 4.79 Å². The van der Waals surface area contributed by atoms with E-state index < -0.39 is 30.4 Å². The first kappa shape index (κ1) is 24.5. The summed E-state index contributed by atoms with van der Waals surface area (Å²) in [6, 6.07) is 15.2. The summed E-state index contributed by atoms with van der Waals surface area (Å²) in [5, 5.41) is 0.0263. The highest BCUT2D eigenvalue weighted by Crippen LogP contribution is 2.33. The Morgan fingerprint density at radius 2 is 1.44 bits per heavy atom. The highest BCUT2D eigenvalue weighted by Gasteiger charge is 2.29. The molecule has 0 radical (unpaired) electrons. The molecule has 0 fully saturated rings. The van der Waals surface area contributed by atoms with Crippen LogP contribution in [0.15, 0.2) is 54.6 Å². The lowest BCUT2D eigenvalue weighted by Gasteiger charge is -2.19. The Bertz CT molecular complexity index is 1240. The molecule has 0 aliphatic heterocycles. The molecule has 3 rings (SSSR count). The molecule has 1 amide bonds. The van der Waals surface area contributed by atoms with Crippen LogP contribution in [0.5, 0.6) is 0 Å². The zero-order chi connectivity index (χ0) is 24.8. The lowest BCUT2D eigenvalue weighted by Crippen LogP contribution is -2.28. The van der Waals surface area contributed by atoms with Crippen LogP contribution in [0.3, 0.4) is 0 Å². The van der Waals surface area contributed by atoms with Crippen LogP contribution >= 0.6 is 11.3 Å². The molecule has 1 aromatic heterocycles. The summed E-state index contributed by atoms with van der Waals surface area (Å²) < 4.78 is 14.9. The maximum atomic E-state index is 13.1. The molecule has 0 aliphatic rings. The number of ether oxygens (including phenoxy) is 3. The minimum absolute atomic E-state index is 0.0152. The maximum Gasteiger partial charge on any atom is 0.348 e. The second kappa shape index (κ2) is 10.6. The topological polar surface area (TPSA) is 125 Å². The lowest BCUT2D eigenvalue weighted by molar-refractivity contribution is 0.0450. The van der Waals surface area contributed by atoms with E-state index in [0.29, 0.717) is 5.69 Å². The van der Waals surface area contributed by atoms with Crippen molar-refractivity contribution in [2.45, 2.75) is 6.61 Å². The van der Waals surface area contributed by atoms with Gasteiger partial charge in [0.05, 0.1) is 25.3 Å². The zero-order valence-electron chi connectivity index (χ0n) is 18.7. The van der Waals surface area contributed by atoms with Crippen LogP contribution in [0.4, 0.5) is 10.7 Å².